The van der Waals surface area contributed by atoms with Crippen LogP contribution in [0, 0.1) is 0 Å². The molecule has 0 spiro atoms. The number of hydrogen-bond donors (Lipinski definition) is 1. The molecule has 1 N–H and O–H groups in total. The van der Waals surface area contributed by atoms with E-state index in [-0.39, 0.29) is 23.8 Å². The molecule has 1 aromatic carbocycles. The maximum Gasteiger partial charge on any atom is 0.303 e. The van der Waals surface area contributed by atoms with Gasteiger partial charge in [0.15, 0.2) is 0 Å². The lowest BCUT2D eigenvalue weighted by Crippen LogP contribution is -2.30. The Morgan fingerprint density at radius 3 is 2.33 bits per heavy atom. The van der Waals surface area contributed by atoms with Crippen molar-refractivity contribution < 1.29 is 14.7 Å². The Labute approximate surface area is 144 Å². The van der Waals surface area contributed by atoms with Crippen LogP contribution in [-0.4, -0.2) is 28.4 Å². The monoisotopic (exact) mass is 331 g/mol. The van der Waals surface area contributed by atoms with Gasteiger partial charge in [-0.2, -0.15) is 0 Å². The second-order valence-electron chi connectivity index (χ2n) is 7.72. The summed E-state index contributed by atoms with van der Waals surface area (Å²) in [5, 5.41) is 8.67. The average molecular weight is 331 g/mol. The van der Waals surface area contributed by atoms with Crippen molar-refractivity contribution in [3.8, 4) is 0 Å². The van der Waals surface area contributed by atoms with Crippen LogP contribution in [0.4, 0.5) is 0 Å². The SMILES string of the molecule is CC(C)(C)c1ccc(C2CCCN2C(=O)CCCCC(=O)O)cc1. The number of carbonyl (C=O) groups is 2. The number of carboxylic acid groups (broad SMARTS) is 1. The molecule has 4 nitrogen and oxygen atoms in total. The van der Waals surface area contributed by atoms with Crippen LogP contribution in [0.1, 0.15) is 76.5 Å². The molecule has 132 valence electrons. The van der Waals surface area contributed by atoms with Crippen molar-refractivity contribution >= 4 is 11.9 Å². The van der Waals surface area contributed by atoms with E-state index in [0.29, 0.717) is 19.3 Å². The van der Waals surface area contributed by atoms with Crippen molar-refractivity contribution in [3.05, 3.63) is 35.4 Å². The normalized spacial score (nSPS) is 18.0. The zero-order valence-corrected chi connectivity index (χ0v) is 15.0. The van der Waals surface area contributed by atoms with E-state index in [1.54, 1.807) is 0 Å². The summed E-state index contributed by atoms with van der Waals surface area (Å²) in [6, 6.07) is 8.82. The molecule has 1 atom stereocenters. The third-order valence-electron chi connectivity index (χ3n) is 4.77. The Morgan fingerprint density at radius 2 is 1.75 bits per heavy atom. The molecule has 4 heteroatoms. The molecular formula is C20H29NO3. The quantitative estimate of drug-likeness (QED) is 0.791. The number of carboxylic acids is 1. The first-order valence-corrected chi connectivity index (χ1v) is 8.91. The van der Waals surface area contributed by atoms with Gasteiger partial charge in [-0.25, -0.2) is 0 Å². The van der Waals surface area contributed by atoms with Gasteiger partial charge in [-0.15, -0.1) is 0 Å². The molecule has 1 aromatic rings. The minimum Gasteiger partial charge on any atom is -0.481 e. The molecule has 1 heterocycles. The second-order valence-corrected chi connectivity index (χ2v) is 7.72. The van der Waals surface area contributed by atoms with E-state index in [0.717, 1.165) is 19.4 Å². The highest BCUT2D eigenvalue weighted by molar-refractivity contribution is 5.77. The first-order chi connectivity index (χ1) is 11.3. The predicted molar refractivity (Wildman–Crippen MR) is 94.9 cm³/mol. The summed E-state index contributed by atoms with van der Waals surface area (Å²) < 4.78 is 0. The minimum atomic E-state index is -0.791. The smallest absolute Gasteiger partial charge is 0.303 e. The summed E-state index contributed by atoms with van der Waals surface area (Å²) in [6.45, 7) is 7.41. The Kier molecular flexibility index (Phi) is 6.03. The number of nitrogens with zero attached hydrogens (tertiary/aromatic N) is 1. The van der Waals surface area contributed by atoms with Crippen LogP contribution in [0.2, 0.25) is 0 Å². The van der Waals surface area contributed by atoms with Gasteiger partial charge in [0.05, 0.1) is 6.04 Å². The lowest BCUT2D eigenvalue weighted by molar-refractivity contribution is -0.137. The third kappa shape index (κ3) is 4.83. The van der Waals surface area contributed by atoms with Crippen molar-refractivity contribution in [2.24, 2.45) is 0 Å². The molecule has 0 aromatic heterocycles. The molecule has 1 aliphatic rings. The van der Waals surface area contributed by atoms with Crippen LogP contribution in [0.15, 0.2) is 24.3 Å². The fourth-order valence-corrected chi connectivity index (χ4v) is 3.31. The minimum absolute atomic E-state index is 0.133. The van der Waals surface area contributed by atoms with Gasteiger partial charge in [-0.1, -0.05) is 45.0 Å². The van der Waals surface area contributed by atoms with Gasteiger partial charge < -0.3 is 10.0 Å². The summed E-state index contributed by atoms with van der Waals surface area (Å²) in [5.41, 5.74) is 2.64. The third-order valence-corrected chi connectivity index (χ3v) is 4.77. The van der Waals surface area contributed by atoms with Gasteiger partial charge in [0.25, 0.3) is 0 Å². The fourth-order valence-electron chi connectivity index (χ4n) is 3.31. The number of hydrogen-bond acceptors (Lipinski definition) is 2. The summed E-state index contributed by atoms with van der Waals surface area (Å²) in [6.07, 6.45) is 3.86. The molecule has 0 radical (unpaired) electrons. The number of likely N-dealkylation sites (tertiary alicyclic amines) is 1. The van der Waals surface area contributed by atoms with Gasteiger partial charge in [0.2, 0.25) is 5.91 Å². The summed E-state index contributed by atoms with van der Waals surface area (Å²) in [7, 11) is 0. The van der Waals surface area contributed by atoms with E-state index in [2.05, 4.69) is 45.0 Å². The predicted octanol–water partition coefficient (Wildman–Crippen LogP) is 4.29. The average Bonchev–Trinajstić information content (AvgIpc) is 3.00. The van der Waals surface area contributed by atoms with Crippen molar-refractivity contribution in [1.29, 1.82) is 0 Å². The van der Waals surface area contributed by atoms with Crippen molar-refractivity contribution in [2.45, 2.75) is 70.8 Å². The Bertz CT molecular complexity index is 572. The Balaban J connectivity index is 1.97. The number of unbranched alkanes of at least 4 members (excludes halogenated alkanes) is 1. The van der Waals surface area contributed by atoms with Crippen LogP contribution in [0.5, 0.6) is 0 Å². The van der Waals surface area contributed by atoms with Crippen LogP contribution in [0.25, 0.3) is 0 Å². The van der Waals surface area contributed by atoms with E-state index in [4.69, 9.17) is 5.11 Å². The Morgan fingerprint density at radius 1 is 1.12 bits per heavy atom. The molecule has 1 saturated heterocycles. The number of carbonyl (C=O) groups excluding carboxylic acids is 1. The van der Waals surface area contributed by atoms with Gasteiger partial charge in [-0.3, -0.25) is 9.59 Å². The molecule has 2 rings (SSSR count). The van der Waals surface area contributed by atoms with Gasteiger partial charge in [0, 0.05) is 19.4 Å². The summed E-state index contributed by atoms with van der Waals surface area (Å²) >= 11 is 0. The summed E-state index contributed by atoms with van der Waals surface area (Å²) in [4.78, 5) is 25.0. The van der Waals surface area contributed by atoms with E-state index in [9.17, 15) is 9.59 Å². The van der Waals surface area contributed by atoms with Crippen LogP contribution >= 0.6 is 0 Å². The van der Waals surface area contributed by atoms with Crippen molar-refractivity contribution in [2.75, 3.05) is 6.54 Å². The van der Waals surface area contributed by atoms with E-state index < -0.39 is 5.97 Å². The van der Waals surface area contributed by atoms with Crippen LogP contribution < -0.4 is 0 Å². The standard InChI is InChI=1S/C20H29NO3/c1-20(2,3)16-12-10-15(11-13-16)17-7-6-14-21(17)18(22)8-4-5-9-19(23)24/h10-13,17H,4-9,14H2,1-3H3,(H,23,24). The van der Waals surface area contributed by atoms with Crippen LogP contribution in [0.3, 0.4) is 0 Å². The topological polar surface area (TPSA) is 57.6 Å². The van der Waals surface area contributed by atoms with Gasteiger partial charge in [-0.05, 0) is 42.2 Å². The van der Waals surface area contributed by atoms with Gasteiger partial charge >= 0.3 is 5.97 Å². The molecule has 0 saturated carbocycles. The van der Waals surface area contributed by atoms with E-state index >= 15 is 0 Å². The molecule has 1 aliphatic heterocycles. The molecule has 1 unspecified atom stereocenters. The van der Waals surface area contributed by atoms with Crippen LogP contribution in [-0.2, 0) is 15.0 Å². The van der Waals surface area contributed by atoms with Crippen molar-refractivity contribution in [3.63, 3.8) is 0 Å². The molecule has 1 amide bonds. The lowest BCUT2D eigenvalue weighted by atomic mass is 9.86. The van der Waals surface area contributed by atoms with E-state index in [1.165, 1.54) is 11.1 Å². The number of aliphatic carboxylic acids is 1. The first-order valence-electron chi connectivity index (χ1n) is 8.91. The zero-order valence-electron chi connectivity index (χ0n) is 15.0. The first kappa shape index (κ1) is 18.5. The number of benzene rings is 1. The molecule has 0 aliphatic carbocycles. The maximum atomic E-state index is 12.5. The number of amides is 1. The molecular weight excluding hydrogens is 302 g/mol. The zero-order chi connectivity index (χ0) is 17.7. The lowest BCUT2D eigenvalue weighted by Gasteiger charge is -2.26. The molecule has 24 heavy (non-hydrogen) atoms. The second kappa shape index (κ2) is 7.82. The summed E-state index contributed by atoms with van der Waals surface area (Å²) in [5.74, 6) is -0.636. The Hall–Kier alpha value is -1.84. The fraction of sp³-hybridized carbons (Fsp3) is 0.600. The highest BCUT2D eigenvalue weighted by Crippen LogP contribution is 2.34. The largest absolute Gasteiger partial charge is 0.481 e. The van der Waals surface area contributed by atoms with Gasteiger partial charge in [0.1, 0.15) is 0 Å². The molecule has 1 fully saturated rings. The highest BCUT2D eigenvalue weighted by atomic mass is 16.4. The highest BCUT2D eigenvalue weighted by Gasteiger charge is 2.29. The van der Waals surface area contributed by atoms with Crippen molar-refractivity contribution in [1.82, 2.24) is 4.90 Å². The van der Waals surface area contributed by atoms with E-state index in [1.807, 2.05) is 4.90 Å². The molecule has 0 bridgehead atoms. The maximum absolute atomic E-state index is 12.5. The number of rotatable bonds is 6.